The molecule has 0 aliphatic carbocycles. The Morgan fingerprint density at radius 3 is 2.70 bits per heavy atom. The van der Waals surface area contributed by atoms with Crippen molar-refractivity contribution in [2.24, 2.45) is 0 Å². The Bertz CT molecular complexity index is 934. The van der Waals surface area contributed by atoms with Gasteiger partial charge in [-0.2, -0.15) is 0 Å². The number of aromatic nitrogens is 3. The fourth-order valence-corrected chi connectivity index (χ4v) is 3.56. The number of aryl methyl sites for hydroxylation is 1. The first-order chi connectivity index (χ1) is 13.0. The second-order valence-electron chi connectivity index (χ2n) is 6.02. The molecule has 0 amide bonds. The van der Waals surface area contributed by atoms with Crippen LogP contribution < -0.4 is 0 Å². The van der Waals surface area contributed by atoms with Gasteiger partial charge in [0.2, 0.25) is 5.89 Å². The fraction of sp³-hybridized carbons (Fsp3) is 0.316. The maximum atomic E-state index is 12.6. The molecule has 0 radical (unpaired) electrons. The van der Waals surface area contributed by atoms with Gasteiger partial charge in [-0.15, -0.1) is 10.2 Å². The number of hydrogen-bond acceptors (Lipinski definition) is 6. The Labute approximate surface area is 166 Å². The molecule has 142 valence electrons. The Balaban J connectivity index is 1.65. The van der Waals surface area contributed by atoms with Gasteiger partial charge in [0.25, 0.3) is 5.22 Å². The lowest BCUT2D eigenvalue weighted by molar-refractivity contribution is 0.102. The molecule has 0 aliphatic heterocycles. The van der Waals surface area contributed by atoms with Crippen molar-refractivity contribution in [3.05, 3.63) is 52.3 Å². The Morgan fingerprint density at radius 2 is 2.00 bits per heavy atom. The number of ketones is 1. The van der Waals surface area contributed by atoms with Gasteiger partial charge < -0.3 is 13.7 Å². The van der Waals surface area contributed by atoms with Crippen molar-refractivity contribution < 1.29 is 13.9 Å². The molecule has 8 heteroatoms. The summed E-state index contributed by atoms with van der Waals surface area (Å²) < 4.78 is 12.9. The molecule has 2 aromatic heterocycles. The third-order valence-electron chi connectivity index (χ3n) is 4.22. The van der Waals surface area contributed by atoms with Crippen LogP contribution in [0.5, 0.6) is 0 Å². The predicted molar refractivity (Wildman–Crippen MR) is 106 cm³/mol. The zero-order valence-electron chi connectivity index (χ0n) is 15.4. The summed E-state index contributed by atoms with van der Waals surface area (Å²) in [6.45, 7) is 5.27. The molecule has 1 aromatic carbocycles. The van der Waals surface area contributed by atoms with Crippen molar-refractivity contribution in [2.75, 3.05) is 19.5 Å². The van der Waals surface area contributed by atoms with Crippen molar-refractivity contribution in [2.45, 2.75) is 25.6 Å². The molecule has 0 atom stereocenters. The molecule has 27 heavy (non-hydrogen) atoms. The average Bonchev–Trinajstić information content (AvgIpc) is 3.24. The number of nitrogens with zero attached hydrogens (tertiary/aromatic N) is 3. The van der Waals surface area contributed by atoms with Gasteiger partial charge in [-0.25, -0.2) is 0 Å². The minimum Gasteiger partial charge on any atom is -0.411 e. The number of halogens is 1. The maximum Gasteiger partial charge on any atom is 0.277 e. The van der Waals surface area contributed by atoms with Gasteiger partial charge in [-0.3, -0.25) is 4.79 Å². The molecule has 0 spiro atoms. The lowest BCUT2D eigenvalue weighted by Gasteiger charge is -2.08. The summed E-state index contributed by atoms with van der Waals surface area (Å²) in [7, 11) is 1.67. The standard InChI is InChI=1S/C19H20ClN3O3S/c1-12-10-16(13(2)23(12)8-9-25-3)17(24)11-27-19-22-21-18(26-19)14-4-6-15(20)7-5-14/h4-7,10H,8-9,11H2,1-3H3. The maximum absolute atomic E-state index is 12.6. The predicted octanol–water partition coefficient (Wildman–Crippen LogP) is 4.43. The van der Waals surface area contributed by atoms with Gasteiger partial charge in [0.05, 0.1) is 12.4 Å². The van der Waals surface area contributed by atoms with E-state index in [-0.39, 0.29) is 11.5 Å². The minimum absolute atomic E-state index is 0.0306. The molecule has 0 saturated heterocycles. The largest absolute Gasteiger partial charge is 0.411 e. The van der Waals surface area contributed by atoms with Gasteiger partial charge in [0.1, 0.15) is 0 Å². The molecule has 3 aromatic rings. The lowest BCUT2D eigenvalue weighted by Crippen LogP contribution is -2.09. The topological polar surface area (TPSA) is 70.2 Å². The number of hydrogen-bond donors (Lipinski definition) is 0. The van der Waals surface area contributed by atoms with Gasteiger partial charge in [-0.1, -0.05) is 23.4 Å². The third kappa shape index (κ3) is 4.61. The van der Waals surface area contributed by atoms with E-state index in [4.69, 9.17) is 20.8 Å². The van der Waals surface area contributed by atoms with Gasteiger partial charge >= 0.3 is 0 Å². The Hall–Kier alpha value is -2.09. The Kier molecular flexibility index (Phi) is 6.36. The van der Waals surface area contributed by atoms with Gasteiger partial charge in [0.15, 0.2) is 5.78 Å². The van der Waals surface area contributed by atoms with E-state index in [9.17, 15) is 4.79 Å². The molecule has 0 saturated carbocycles. The molecule has 3 rings (SSSR count). The van der Waals surface area contributed by atoms with Crippen molar-refractivity contribution >= 4 is 29.1 Å². The summed E-state index contributed by atoms with van der Waals surface area (Å²) in [4.78, 5) is 12.6. The number of Topliss-reactive ketones (excluding diaryl/α,β-unsaturated/α-hetero) is 1. The van der Waals surface area contributed by atoms with Gasteiger partial charge in [-0.05, 0) is 44.2 Å². The van der Waals surface area contributed by atoms with E-state index in [0.717, 1.165) is 23.5 Å². The van der Waals surface area contributed by atoms with E-state index in [1.165, 1.54) is 11.8 Å². The number of ether oxygens (including phenoxy) is 1. The van der Waals surface area contributed by atoms with E-state index >= 15 is 0 Å². The van der Waals surface area contributed by atoms with Crippen LogP contribution in [0.4, 0.5) is 0 Å². The summed E-state index contributed by atoms with van der Waals surface area (Å²) in [6.07, 6.45) is 0. The highest BCUT2D eigenvalue weighted by atomic mass is 35.5. The number of benzene rings is 1. The molecule has 0 fully saturated rings. The summed E-state index contributed by atoms with van der Waals surface area (Å²) >= 11 is 7.12. The molecule has 0 aliphatic rings. The van der Waals surface area contributed by atoms with E-state index < -0.39 is 0 Å². The van der Waals surface area contributed by atoms with Crippen molar-refractivity contribution in [3.8, 4) is 11.5 Å². The zero-order chi connectivity index (χ0) is 19.4. The van der Waals surface area contributed by atoms with Crippen LogP contribution in [0.2, 0.25) is 5.02 Å². The fourth-order valence-electron chi connectivity index (χ4n) is 2.79. The van der Waals surface area contributed by atoms with Crippen LogP contribution in [-0.2, 0) is 11.3 Å². The number of carbonyl (C=O) groups excluding carboxylic acids is 1. The summed E-state index contributed by atoms with van der Waals surface area (Å²) in [5, 5.41) is 9.03. The van der Waals surface area contributed by atoms with Gasteiger partial charge in [0, 0.05) is 41.2 Å². The summed E-state index contributed by atoms with van der Waals surface area (Å²) in [5.74, 6) is 0.666. The highest BCUT2D eigenvalue weighted by molar-refractivity contribution is 7.99. The van der Waals surface area contributed by atoms with Crippen LogP contribution in [0.25, 0.3) is 11.5 Å². The van der Waals surface area contributed by atoms with Crippen LogP contribution in [0.15, 0.2) is 40.0 Å². The number of rotatable bonds is 8. The van der Waals surface area contributed by atoms with Crippen molar-refractivity contribution in [3.63, 3.8) is 0 Å². The average molecular weight is 406 g/mol. The zero-order valence-corrected chi connectivity index (χ0v) is 16.9. The quantitative estimate of drug-likeness (QED) is 0.408. The molecule has 2 heterocycles. The highest BCUT2D eigenvalue weighted by Crippen LogP contribution is 2.25. The number of thioether (sulfide) groups is 1. The van der Waals surface area contributed by atoms with E-state index in [1.807, 2.05) is 32.0 Å². The lowest BCUT2D eigenvalue weighted by atomic mass is 10.2. The summed E-state index contributed by atoms with van der Waals surface area (Å²) in [5.41, 5.74) is 3.49. The first-order valence-electron chi connectivity index (χ1n) is 8.40. The van der Waals surface area contributed by atoms with E-state index in [1.54, 1.807) is 19.2 Å². The SMILES string of the molecule is COCCn1c(C)cc(C(=O)CSc2nnc(-c3ccc(Cl)cc3)o2)c1C. The second kappa shape index (κ2) is 8.73. The molecule has 6 nitrogen and oxygen atoms in total. The smallest absolute Gasteiger partial charge is 0.277 e. The molecular weight excluding hydrogens is 386 g/mol. The molecule has 0 N–H and O–H groups in total. The van der Waals surface area contributed by atoms with E-state index in [2.05, 4.69) is 14.8 Å². The highest BCUT2D eigenvalue weighted by Gasteiger charge is 2.17. The number of methoxy groups -OCH3 is 1. The first-order valence-corrected chi connectivity index (χ1v) is 9.77. The van der Waals surface area contributed by atoms with Crippen LogP contribution >= 0.6 is 23.4 Å². The molecule has 0 unspecified atom stereocenters. The normalized spacial score (nSPS) is 11.1. The monoisotopic (exact) mass is 405 g/mol. The van der Waals surface area contributed by atoms with Crippen molar-refractivity contribution in [1.82, 2.24) is 14.8 Å². The van der Waals surface area contributed by atoms with Crippen LogP contribution in [0.1, 0.15) is 21.7 Å². The van der Waals surface area contributed by atoms with Crippen LogP contribution in [0, 0.1) is 13.8 Å². The summed E-state index contributed by atoms with van der Waals surface area (Å²) in [6, 6.07) is 9.06. The Morgan fingerprint density at radius 1 is 1.26 bits per heavy atom. The third-order valence-corrected chi connectivity index (χ3v) is 5.29. The van der Waals surface area contributed by atoms with Crippen LogP contribution in [0.3, 0.4) is 0 Å². The van der Waals surface area contributed by atoms with Crippen LogP contribution in [-0.4, -0.2) is 40.0 Å². The van der Waals surface area contributed by atoms with Crippen molar-refractivity contribution in [1.29, 1.82) is 0 Å². The minimum atomic E-state index is 0.0306. The molecule has 0 bridgehead atoms. The van der Waals surface area contributed by atoms with E-state index in [0.29, 0.717) is 28.3 Å². The second-order valence-corrected chi connectivity index (χ2v) is 7.38. The first kappa shape index (κ1) is 19.7. The number of carbonyl (C=O) groups is 1. The molecular formula is C19H20ClN3O3S.